The number of hydrogen-bond acceptors (Lipinski definition) is 3. The van der Waals surface area contributed by atoms with Crippen LogP contribution in [0.2, 0.25) is 0 Å². The van der Waals surface area contributed by atoms with Crippen LogP contribution in [0.1, 0.15) is 25.1 Å². The second-order valence-corrected chi connectivity index (χ2v) is 5.13. The zero-order chi connectivity index (χ0) is 14.5. The van der Waals surface area contributed by atoms with Gasteiger partial charge in [0.1, 0.15) is 11.6 Å². The summed E-state index contributed by atoms with van der Waals surface area (Å²) in [5.41, 5.74) is 0.751. The van der Waals surface area contributed by atoms with Crippen LogP contribution in [0.4, 0.5) is 8.78 Å². The molecule has 0 bridgehead atoms. The number of halogens is 2. The first-order valence-corrected chi connectivity index (χ1v) is 6.59. The van der Waals surface area contributed by atoms with E-state index in [2.05, 4.69) is 29.5 Å². The molecule has 0 saturated heterocycles. The third-order valence-electron chi connectivity index (χ3n) is 2.83. The van der Waals surface area contributed by atoms with Crippen LogP contribution in [0.3, 0.4) is 0 Å². The molecule has 2 rings (SSSR count). The SMILES string of the molecule is CC(C)CNCc1cn(Cc2c(F)cccc2F)nn1. The minimum atomic E-state index is -0.569. The lowest BCUT2D eigenvalue weighted by molar-refractivity contribution is 0.528. The zero-order valence-corrected chi connectivity index (χ0v) is 11.6. The lowest BCUT2D eigenvalue weighted by Crippen LogP contribution is -2.19. The molecule has 1 aromatic heterocycles. The van der Waals surface area contributed by atoms with Crippen LogP contribution in [0.15, 0.2) is 24.4 Å². The lowest BCUT2D eigenvalue weighted by atomic mass is 10.2. The number of rotatable bonds is 6. The summed E-state index contributed by atoms with van der Waals surface area (Å²) in [5.74, 6) is -0.586. The van der Waals surface area contributed by atoms with Crippen molar-refractivity contribution >= 4 is 0 Å². The Kier molecular flexibility index (Phi) is 4.79. The predicted octanol–water partition coefficient (Wildman–Crippen LogP) is 2.35. The molecule has 0 aliphatic heterocycles. The fourth-order valence-electron chi connectivity index (χ4n) is 1.83. The average molecular weight is 280 g/mol. The largest absolute Gasteiger partial charge is 0.311 e. The molecule has 0 spiro atoms. The van der Waals surface area contributed by atoms with Crippen molar-refractivity contribution in [2.24, 2.45) is 5.92 Å². The van der Waals surface area contributed by atoms with E-state index in [9.17, 15) is 8.78 Å². The Balaban J connectivity index is 1.99. The third-order valence-corrected chi connectivity index (χ3v) is 2.83. The monoisotopic (exact) mass is 280 g/mol. The van der Waals surface area contributed by atoms with E-state index in [1.165, 1.54) is 22.9 Å². The summed E-state index contributed by atoms with van der Waals surface area (Å²) in [5, 5.41) is 11.1. The first kappa shape index (κ1) is 14.6. The van der Waals surface area contributed by atoms with Gasteiger partial charge in [0.2, 0.25) is 0 Å². The topological polar surface area (TPSA) is 42.7 Å². The van der Waals surface area contributed by atoms with Gasteiger partial charge in [0.25, 0.3) is 0 Å². The average Bonchev–Trinajstić information content (AvgIpc) is 2.81. The van der Waals surface area contributed by atoms with Crippen molar-refractivity contribution in [3.63, 3.8) is 0 Å². The maximum atomic E-state index is 13.5. The second-order valence-electron chi connectivity index (χ2n) is 5.13. The van der Waals surface area contributed by atoms with Crippen molar-refractivity contribution in [2.45, 2.75) is 26.9 Å². The lowest BCUT2D eigenvalue weighted by Gasteiger charge is -2.05. The maximum Gasteiger partial charge on any atom is 0.131 e. The van der Waals surface area contributed by atoms with Gasteiger partial charge < -0.3 is 5.32 Å². The summed E-state index contributed by atoms with van der Waals surface area (Å²) in [6, 6.07) is 3.82. The quantitative estimate of drug-likeness (QED) is 0.883. The molecule has 108 valence electrons. The second kappa shape index (κ2) is 6.56. The molecule has 6 heteroatoms. The van der Waals surface area contributed by atoms with Crippen molar-refractivity contribution in [3.8, 4) is 0 Å². The number of aromatic nitrogens is 3. The summed E-state index contributed by atoms with van der Waals surface area (Å²) in [6.07, 6.45) is 1.69. The summed E-state index contributed by atoms with van der Waals surface area (Å²) in [4.78, 5) is 0. The van der Waals surface area contributed by atoms with Gasteiger partial charge in [0.05, 0.1) is 18.4 Å². The van der Waals surface area contributed by atoms with E-state index in [4.69, 9.17) is 0 Å². The fourth-order valence-corrected chi connectivity index (χ4v) is 1.83. The Hall–Kier alpha value is -1.82. The van der Waals surface area contributed by atoms with Crippen LogP contribution in [0.5, 0.6) is 0 Å². The predicted molar refractivity (Wildman–Crippen MR) is 72.0 cm³/mol. The van der Waals surface area contributed by atoms with Crippen molar-refractivity contribution in [1.29, 1.82) is 0 Å². The standard InChI is InChI=1S/C14H18F2N4/c1-10(2)6-17-7-11-8-20(19-18-11)9-12-13(15)4-3-5-14(12)16/h3-5,8,10,17H,6-7,9H2,1-2H3. The number of benzene rings is 1. The first-order valence-electron chi connectivity index (χ1n) is 6.59. The van der Waals surface area contributed by atoms with E-state index in [0.717, 1.165) is 12.2 Å². The third kappa shape index (κ3) is 3.84. The molecule has 0 aliphatic rings. The van der Waals surface area contributed by atoms with Gasteiger partial charge in [-0.15, -0.1) is 5.10 Å². The van der Waals surface area contributed by atoms with Gasteiger partial charge in [-0.1, -0.05) is 25.1 Å². The van der Waals surface area contributed by atoms with E-state index in [-0.39, 0.29) is 12.1 Å². The van der Waals surface area contributed by atoms with E-state index in [1.54, 1.807) is 6.20 Å². The Bertz CT molecular complexity index is 546. The minimum Gasteiger partial charge on any atom is -0.311 e. The highest BCUT2D eigenvalue weighted by molar-refractivity contribution is 5.19. The molecule has 2 aromatic rings. The van der Waals surface area contributed by atoms with Crippen molar-refractivity contribution in [1.82, 2.24) is 20.3 Å². The Morgan fingerprint density at radius 2 is 1.95 bits per heavy atom. The molecule has 0 unspecified atom stereocenters. The van der Waals surface area contributed by atoms with E-state index in [1.807, 2.05) is 0 Å². The van der Waals surface area contributed by atoms with Crippen molar-refractivity contribution < 1.29 is 8.78 Å². The molecule has 0 saturated carbocycles. The van der Waals surface area contributed by atoms with Gasteiger partial charge in [0, 0.05) is 12.1 Å². The van der Waals surface area contributed by atoms with Gasteiger partial charge in [0.15, 0.2) is 0 Å². The summed E-state index contributed by atoms with van der Waals surface area (Å²) < 4.78 is 28.5. The van der Waals surface area contributed by atoms with Crippen LogP contribution in [0.25, 0.3) is 0 Å². The van der Waals surface area contributed by atoms with Crippen LogP contribution < -0.4 is 5.32 Å². The van der Waals surface area contributed by atoms with Crippen LogP contribution >= 0.6 is 0 Å². The Morgan fingerprint density at radius 1 is 1.25 bits per heavy atom. The molecule has 0 fully saturated rings. The first-order chi connectivity index (χ1) is 9.56. The Morgan fingerprint density at radius 3 is 2.60 bits per heavy atom. The van der Waals surface area contributed by atoms with Gasteiger partial charge in [-0.3, -0.25) is 0 Å². The normalized spacial score (nSPS) is 11.2. The van der Waals surface area contributed by atoms with Crippen LogP contribution in [-0.4, -0.2) is 21.5 Å². The van der Waals surface area contributed by atoms with E-state index < -0.39 is 11.6 Å². The van der Waals surface area contributed by atoms with Crippen LogP contribution in [-0.2, 0) is 13.1 Å². The Labute approximate surface area is 116 Å². The molecule has 1 heterocycles. The minimum absolute atomic E-state index is 0.000843. The number of hydrogen-bond donors (Lipinski definition) is 1. The van der Waals surface area contributed by atoms with Crippen molar-refractivity contribution in [2.75, 3.05) is 6.54 Å². The van der Waals surface area contributed by atoms with E-state index in [0.29, 0.717) is 12.5 Å². The summed E-state index contributed by atoms with van der Waals surface area (Å²) in [7, 11) is 0. The molecule has 0 atom stereocenters. The van der Waals surface area contributed by atoms with Crippen LogP contribution in [0, 0.1) is 17.6 Å². The molecule has 0 radical (unpaired) electrons. The molecule has 4 nitrogen and oxygen atoms in total. The van der Waals surface area contributed by atoms with E-state index >= 15 is 0 Å². The number of nitrogens with one attached hydrogen (secondary N) is 1. The molecule has 1 N–H and O–H groups in total. The molecular formula is C14H18F2N4. The van der Waals surface area contributed by atoms with Gasteiger partial charge in [-0.05, 0) is 24.6 Å². The molecule has 1 aromatic carbocycles. The highest BCUT2D eigenvalue weighted by Gasteiger charge is 2.10. The molecule has 20 heavy (non-hydrogen) atoms. The summed E-state index contributed by atoms with van der Waals surface area (Å²) in [6.45, 7) is 5.75. The van der Waals surface area contributed by atoms with Crippen molar-refractivity contribution in [3.05, 3.63) is 47.3 Å². The van der Waals surface area contributed by atoms with Gasteiger partial charge in [-0.2, -0.15) is 0 Å². The highest BCUT2D eigenvalue weighted by atomic mass is 19.1. The number of nitrogens with zero attached hydrogens (tertiary/aromatic N) is 3. The highest BCUT2D eigenvalue weighted by Crippen LogP contribution is 2.13. The fraction of sp³-hybridized carbons (Fsp3) is 0.429. The molecule has 0 amide bonds. The molecule has 0 aliphatic carbocycles. The smallest absolute Gasteiger partial charge is 0.131 e. The molecular weight excluding hydrogens is 262 g/mol. The zero-order valence-electron chi connectivity index (χ0n) is 11.6. The summed E-state index contributed by atoms with van der Waals surface area (Å²) >= 11 is 0. The maximum absolute atomic E-state index is 13.5. The van der Waals surface area contributed by atoms with Gasteiger partial charge in [-0.25, -0.2) is 13.5 Å². The van der Waals surface area contributed by atoms with Gasteiger partial charge >= 0.3 is 0 Å².